The first-order chi connectivity index (χ1) is 7.00. The zero-order chi connectivity index (χ0) is 11.3. The number of nitrogens with zero attached hydrogens (tertiary/aromatic N) is 1. The fourth-order valence-corrected chi connectivity index (χ4v) is 0.782. The van der Waals surface area contributed by atoms with Gasteiger partial charge in [0.25, 0.3) is 0 Å². The van der Waals surface area contributed by atoms with Crippen molar-refractivity contribution >= 4 is 5.82 Å². The van der Waals surface area contributed by atoms with Gasteiger partial charge in [0.1, 0.15) is 5.82 Å². The van der Waals surface area contributed by atoms with Crippen LogP contribution in [-0.4, -0.2) is 22.4 Å². The van der Waals surface area contributed by atoms with Gasteiger partial charge in [0.2, 0.25) is 0 Å². The molecule has 0 spiro atoms. The van der Waals surface area contributed by atoms with E-state index < -0.39 is 12.3 Å². The second-order valence-electron chi connectivity index (χ2n) is 2.70. The van der Waals surface area contributed by atoms with Crippen molar-refractivity contribution in [2.24, 2.45) is 0 Å². The average molecular weight is 218 g/mol. The van der Waals surface area contributed by atoms with E-state index in [-0.39, 0.29) is 0 Å². The van der Waals surface area contributed by atoms with Crippen LogP contribution in [0.3, 0.4) is 0 Å². The average Bonchev–Trinajstić information content (AvgIpc) is 2.18. The van der Waals surface area contributed by atoms with Gasteiger partial charge in [0.05, 0.1) is 0 Å². The number of aliphatic hydroxyl groups is 1. The van der Waals surface area contributed by atoms with Gasteiger partial charge in [-0.15, -0.1) is 0 Å². The van der Waals surface area contributed by atoms with Crippen LogP contribution < -0.4 is 5.32 Å². The van der Waals surface area contributed by atoms with Crippen molar-refractivity contribution in [1.82, 2.24) is 4.98 Å². The second kappa shape index (κ2) is 4.79. The molecule has 82 valence electrons. The summed E-state index contributed by atoms with van der Waals surface area (Å²) in [5.41, 5.74) is 0. The number of aliphatic hydroxyl groups excluding tert-OH is 1. The van der Waals surface area contributed by atoms with Crippen LogP contribution in [0.1, 0.15) is 0 Å². The zero-order valence-electron chi connectivity index (χ0n) is 7.57. The minimum Gasteiger partial charge on any atom is -0.380 e. The number of alkyl halides is 3. The lowest BCUT2D eigenvalue weighted by atomic mass is 10.3. The van der Waals surface area contributed by atoms with E-state index in [2.05, 4.69) is 10.3 Å². The van der Waals surface area contributed by atoms with Gasteiger partial charge in [-0.1, -0.05) is 6.07 Å². The Bertz CT molecular complexity index is 324. The highest BCUT2D eigenvalue weighted by Gasteiger charge is 2.36. The third-order valence-corrected chi connectivity index (χ3v) is 1.51. The molecule has 2 N–H and O–H groups in total. The predicted molar refractivity (Wildman–Crippen MR) is 49.1 cm³/mol. The normalized spacial score (nSPS) is 14.1. The van der Waals surface area contributed by atoms with Gasteiger partial charge < -0.3 is 10.4 Å². The number of halogens is 3. The molecule has 3 nitrogen and oxygen atoms in total. The molecule has 1 atom stereocenters. The quantitative estimate of drug-likeness (QED) is 0.814. The highest BCUT2D eigenvalue weighted by Crippen LogP contribution is 2.20. The lowest BCUT2D eigenvalue weighted by Gasteiger charge is -2.09. The number of nitrogens with one attached hydrogen (secondary N) is 1. The van der Waals surface area contributed by atoms with Crippen molar-refractivity contribution in [2.75, 3.05) is 5.32 Å². The molecule has 1 rings (SSSR count). The van der Waals surface area contributed by atoms with Gasteiger partial charge >= 0.3 is 6.18 Å². The summed E-state index contributed by atoms with van der Waals surface area (Å²) in [6, 6.07) is 4.95. The standard InChI is InChI=1S/C9H9F3N2O/c10-9(11,12)7(15)4-6-14-8-3-1-2-5-13-8/h1-7,15H,(H,13,14). The number of anilines is 1. The van der Waals surface area contributed by atoms with Gasteiger partial charge in [0.15, 0.2) is 6.10 Å². The summed E-state index contributed by atoms with van der Waals surface area (Å²) in [5, 5.41) is 11.1. The van der Waals surface area contributed by atoms with Crippen molar-refractivity contribution < 1.29 is 18.3 Å². The third kappa shape index (κ3) is 3.99. The second-order valence-corrected chi connectivity index (χ2v) is 2.70. The maximum absolute atomic E-state index is 11.8. The Balaban J connectivity index is 2.47. The van der Waals surface area contributed by atoms with Gasteiger partial charge in [-0.05, 0) is 18.2 Å². The van der Waals surface area contributed by atoms with Crippen molar-refractivity contribution in [3.05, 3.63) is 36.7 Å². The largest absolute Gasteiger partial charge is 0.418 e. The maximum atomic E-state index is 11.8. The van der Waals surface area contributed by atoms with Crippen LogP contribution in [0.2, 0.25) is 0 Å². The van der Waals surface area contributed by atoms with E-state index in [9.17, 15) is 13.2 Å². The Morgan fingerprint density at radius 1 is 1.40 bits per heavy atom. The van der Waals surface area contributed by atoms with Crippen LogP contribution in [0, 0.1) is 0 Å². The van der Waals surface area contributed by atoms with Crippen LogP contribution in [0.15, 0.2) is 36.7 Å². The van der Waals surface area contributed by atoms with E-state index in [1.165, 1.54) is 6.20 Å². The molecule has 0 saturated heterocycles. The molecule has 0 bridgehead atoms. The first-order valence-electron chi connectivity index (χ1n) is 4.09. The third-order valence-electron chi connectivity index (χ3n) is 1.51. The van der Waals surface area contributed by atoms with E-state index in [4.69, 9.17) is 5.11 Å². The molecule has 1 heterocycles. The Morgan fingerprint density at radius 2 is 2.13 bits per heavy atom. The van der Waals surface area contributed by atoms with Gasteiger partial charge in [0, 0.05) is 12.4 Å². The summed E-state index contributed by atoms with van der Waals surface area (Å²) in [4.78, 5) is 3.81. The molecule has 0 amide bonds. The highest BCUT2D eigenvalue weighted by molar-refractivity contribution is 5.36. The molecule has 15 heavy (non-hydrogen) atoms. The summed E-state index contributed by atoms with van der Waals surface area (Å²) in [6.45, 7) is 0. The molecular weight excluding hydrogens is 209 g/mol. The van der Waals surface area contributed by atoms with E-state index >= 15 is 0 Å². The van der Waals surface area contributed by atoms with Crippen LogP contribution in [0.5, 0.6) is 0 Å². The van der Waals surface area contributed by atoms with Crippen molar-refractivity contribution in [1.29, 1.82) is 0 Å². The molecule has 0 radical (unpaired) electrons. The highest BCUT2D eigenvalue weighted by atomic mass is 19.4. The van der Waals surface area contributed by atoms with E-state index in [0.29, 0.717) is 11.9 Å². The lowest BCUT2D eigenvalue weighted by Crippen LogP contribution is -2.26. The summed E-state index contributed by atoms with van der Waals surface area (Å²) in [5.74, 6) is 0.406. The number of aromatic nitrogens is 1. The first kappa shape index (κ1) is 11.5. The number of hydrogen-bond donors (Lipinski definition) is 2. The SMILES string of the molecule is OC(C=CNc1ccccn1)C(F)(F)F. The van der Waals surface area contributed by atoms with E-state index in [1.54, 1.807) is 18.2 Å². The van der Waals surface area contributed by atoms with Crippen molar-refractivity contribution in [3.63, 3.8) is 0 Å². The number of hydrogen-bond acceptors (Lipinski definition) is 3. The topological polar surface area (TPSA) is 45.1 Å². The lowest BCUT2D eigenvalue weighted by molar-refractivity contribution is -0.187. The molecule has 0 aliphatic heterocycles. The molecule has 0 aliphatic carbocycles. The molecule has 0 aromatic carbocycles. The van der Waals surface area contributed by atoms with E-state index in [0.717, 1.165) is 6.20 Å². The maximum Gasteiger partial charge on any atom is 0.418 e. The fourth-order valence-electron chi connectivity index (χ4n) is 0.782. The molecule has 1 unspecified atom stereocenters. The summed E-state index contributed by atoms with van der Waals surface area (Å²) in [7, 11) is 0. The molecule has 1 aromatic heterocycles. The smallest absolute Gasteiger partial charge is 0.380 e. The van der Waals surface area contributed by atoms with E-state index in [1.807, 2.05) is 0 Å². The summed E-state index contributed by atoms with van der Waals surface area (Å²) >= 11 is 0. The molecule has 6 heteroatoms. The monoisotopic (exact) mass is 218 g/mol. The summed E-state index contributed by atoms with van der Waals surface area (Å²) < 4.78 is 35.5. The first-order valence-corrected chi connectivity index (χ1v) is 4.09. The Hall–Kier alpha value is -1.56. The van der Waals surface area contributed by atoms with Crippen LogP contribution in [-0.2, 0) is 0 Å². The van der Waals surface area contributed by atoms with Gasteiger partial charge in [-0.25, -0.2) is 4.98 Å². The Kier molecular flexibility index (Phi) is 3.68. The number of rotatable bonds is 3. The molecule has 1 aromatic rings. The van der Waals surface area contributed by atoms with Crippen LogP contribution >= 0.6 is 0 Å². The number of pyridine rings is 1. The minimum atomic E-state index is -4.64. The van der Waals surface area contributed by atoms with Gasteiger partial charge in [-0.3, -0.25) is 0 Å². The predicted octanol–water partition coefficient (Wildman–Crippen LogP) is 1.93. The van der Waals surface area contributed by atoms with Crippen LogP contribution in [0.25, 0.3) is 0 Å². The minimum absolute atomic E-state index is 0.406. The summed E-state index contributed by atoms with van der Waals surface area (Å²) in [6.07, 6.45) is -4.00. The zero-order valence-corrected chi connectivity index (χ0v) is 7.57. The molecule has 0 aliphatic rings. The molecule has 0 saturated carbocycles. The van der Waals surface area contributed by atoms with Gasteiger partial charge in [-0.2, -0.15) is 13.2 Å². The molecule has 0 fully saturated rings. The van der Waals surface area contributed by atoms with Crippen molar-refractivity contribution in [2.45, 2.75) is 12.3 Å². The molecular formula is C9H9F3N2O. The van der Waals surface area contributed by atoms with Crippen molar-refractivity contribution in [3.8, 4) is 0 Å². The fraction of sp³-hybridized carbons (Fsp3) is 0.222. The van der Waals surface area contributed by atoms with Crippen LogP contribution in [0.4, 0.5) is 19.0 Å². The Labute approximate surface area is 84.3 Å². The Morgan fingerprint density at radius 3 is 2.67 bits per heavy atom.